The number of aliphatic carboxylic acids is 1. The van der Waals surface area contributed by atoms with Gasteiger partial charge in [0.1, 0.15) is 83.3 Å². The highest BCUT2D eigenvalue weighted by molar-refractivity contribution is 7.98. The number of likely N-dealkylation sites (tertiary alicyclic amines) is 2. The predicted octanol–water partition coefficient (Wildman–Crippen LogP) is 0.333. The maximum atomic E-state index is 14.9. The van der Waals surface area contributed by atoms with Gasteiger partial charge in [-0.1, -0.05) is 62.4 Å². The number of fused-ring (bicyclic) bond motifs is 2. The largest absolute Gasteiger partial charge is 0.508 e. The summed E-state index contributed by atoms with van der Waals surface area (Å²) in [5.74, 6) is -14.3. The van der Waals surface area contributed by atoms with Gasteiger partial charge in [-0.05, 0) is 173 Å². The molecule has 122 heavy (non-hydrogen) atoms. The normalized spacial score (nSPS) is 15.6. The smallest absolute Gasteiger partial charge is 0.336 e. The Morgan fingerprint density at radius 1 is 0.582 bits per heavy atom. The molecule has 3 aliphatic heterocycles. The van der Waals surface area contributed by atoms with Crippen LogP contribution in [0.2, 0.25) is 0 Å². The van der Waals surface area contributed by atoms with Crippen LogP contribution in [0.3, 0.4) is 0 Å². The molecule has 654 valence electrons. The Kier molecular flexibility index (Phi) is 35.2. The topological polar surface area (TPSA) is 617 Å². The average molecular weight is 1730 g/mol. The lowest BCUT2D eigenvalue weighted by molar-refractivity contribution is -0.145. The molecule has 4 aromatic rings. The van der Waals surface area contributed by atoms with E-state index in [1.54, 1.807) is 56.3 Å². The number of guanidine groups is 1. The number of carboxylic acid groups (broad SMARTS) is 2. The molecule has 12 amide bonds. The van der Waals surface area contributed by atoms with Crippen LogP contribution in [0.5, 0.6) is 11.5 Å². The molecule has 38 nitrogen and oxygen atoms in total. The number of aromatic carboxylic acids is 1. The molecule has 3 heterocycles. The van der Waals surface area contributed by atoms with Gasteiger partial charge in [-0.15, -0.1) is 0 Å². The van der Waals surface area contributed by atoms with Crippen molar-refractivity contribution in [3.05, 3.63) is 136 Å². The molecule has 4 aromatic carbocycles. The zero-order valence-electron chi connectivity index (χ0n) is 67.4. The van der Waals surface area contributed by atoms with E-state index in [9.17, 15) is 92.3 Å². The first kappa shape index (κ1) is 94.5. The number of carbonyl (C=O) groups excluding carboxylic acids is 12. The number of phenolic OH excluding ortho intramolecular Hbond substituents is 2. The first-order valence-corrected chi connectivity index (χ1v) is 41.5. The summed E-state index contributed by atoms with van der Waals surface area (Å²) in [6, 6.07) is 12.0. The number of hydrogen-bond acceptors (Lipinski definition) is 22. The number of anilines is 1. The lowest BCUT2D eigenvalue weighted by Crippen LogP contribution is -2.60. The van der Waals surface area contributed by atoms with Crippen molar-refractivity contribution in [2.24, 2.45) is 28.9 Å². The summed E-state index contributed by atoms with van der Waals surface area (Å²) in [6.45, 7) is 2.94. The van der Waals surface area contributed by atoms with Crippen LogP contribution in [0, 0.1) is 11.3 Å². The number of aromatic hydroxyl groups is 2. The van der Waals surface area contributed by atoms with Crippen LogP contribution in [0.1, 0.15) is 119 Å². The SMILES string of the molecule is CSCC[C@H](NC(=O)[C@H](CC(C)C)NC(=O)CNC(=O)[C@H](Cc1ccc(O)cc1)NC(=O)[C@H](Cc1ccccc1)NC(=O)[C@H](CCCNC(=N)N)NC(=O)[C@H](CC(=O)O)NC(=O)[C@@H]1CCCN1C(=O)[C@H](CC(N)=O)NC(=O)[C@@H]1CCCN1C(=O)[C@H](CCCCN)NC(=S)Nc1ccc(-c2c3ccc(=O)cc-3oc3cc(O)ccc23)c(C(=O)O)c1)C(N)=O. The molecule has 2 fully saturated rings. The molecule has 8 rings (SSSR count). The van der Waals surface area contributed by atoms with E-state index in [-0.39, 0.29) is 147 Å². The maximum absolute atomic E-state index is 14.9. The summed E-state index contributed by atoms with van der Waals surface area (Å²) in [6.07, 6.45) is 0.772. The quantitative estimate of drug-likeness (QED) is 0.00806. The van der Waals surface area contributed by atoms with Gasteiger partial charge in [-0.3, -0.25) is 72.5 Å². The van der Waals surface area contributed by atoms with Crippen LogP contribution < -0.4 is 86.8 Å². The van der Waals surface area contributed by atoms with Gasteiger partial charge in [0.25, 0.3) is 0 Å². The highest BCUT2D eigenvalue weighted by Gasteiger charge is 2.44. The number of nitrogens with zero attached hydrogens (tertiary/aromatic N) is 2. The number of amides is 12. The molecule has 0 aromatic heterocycles. The number of hydrogen-bond donors (Lipinski definition) is 20. The molecule has 40 heteroatoms. The first-order chi connectivity index (χ1) is 58.1. The van der Waals surface area contributed by atoms with E-state index < -0.39 is 169 Å². The van der Waals surface area contributed by atoms with Gasteiger partial charge in [0, 0.05) is 66.8 Å². The second-order valence-electron chi connectivity index (χ2n) is 30.0. The lowest BCUT2D eigenvalue weighted by atomic mass is 9.90. The molecule has 10 atom stereocenters. The third-order valence-corrected chi connectivity index (χ3v) is 21.2. The summed E-state index contributed by atoms with van der Waals surface area (Å²) in [7, 11) is 0. The minimum Gasteiger partial charge on any atom is -0.508 e. The van der Waals surface area contributed by atoms with Gasteiger partial charge in [-0.2, -0.15) is 11.8 Å². The number of thiocarbonyl (C=S) groups is 1. The molecular weight excluding hydrogens is 1620 g/mol. The van der Waals surface area contributed by atoms with Crippen molar-refractivity contribution in [1.82, 2.24) is 63.0 Å². The van der Waals surface area contributed by atoms with Crippen molar-refractivity contribution in [3.8, 4) is 33.9 Å². The number of unbranched alkanes of at least 4 members (excludes halogenated alkanes) is 1. The average Bonchev–Trinajstić information content (AvgIpc) is 0.953. The van der Waals surface area contributed by atoms with Crippen molar-refractivity contribution < 1.29 is 92.0 Å². The Labute approximate surface area is 710 Å². The zero-order valence-corrected chi connectivity index (χ0v) is 69.1. The molecule has 4 aliphatic rings. The number of benzene rings is 5. The summed E-state index contributed by atoms with van der Waals surface area (Å²) >= 11 is 7.16. The third kappa shape index (κ3) is 27.5. The number of phenols is 2. The van der Waals surface area contributed by atoms with Crippen molar-refractivity contribution >= 4 is 135 Å². The Balaban J connectivity index is 0.959. The molecule has 0 spiro atoms. The Hall–Kier alpha value is -13.0. The van der Waals surface area contributed by atoms with E-state index in [1.165, 1.54) is 83.4 Å². The van der Waals surface area contributed by atoms with Crippen molar-refractivity contribution in [2.45, 2.75) is 171 Å². The molecule has 24 N–H and O–H groups in total. The van der Waals surface area contributed by atoms with Gasteiger partial charge >= 0.3 is 11.9 Å². The molecular formula is C82H104N18O20S2. The summed E-state index contributed by atoms with van der Waals surface area (Å²) in [5, 5.41) is 78.3. The van der Waals surface area contributed by atoms with Crippen LogP contribution in [-0.4, -0.2) is 229 Å². The van der Waals surface area contributed by atoms with Gasteiger partial charge in [0.15, 0.2) is 16.5 Å². The number of thioether (sulfide) groups is 1. The third-order valence-electron chi connectivity index (χ3n) is 20.3. The number of rotatable bonds is 44. The van der Waals surface area contributed by atoms with Crippen LogP contribution >= 0.6 is 24.0 Å². The summed E-state index contributed by atoms with van der Waals surface area (Å²) in [4.78, 5) is 210. The van der Waals surface area contributed by atoms with Crippen LogP contribution in [0.15, 0.2) is 118 Å². The second kappa shape index (κ2) is 45.4. The van der Waals surface area contributed by atoms with Crippen molar-refractivity contribution in [2.75, 3.05) is 50.0 Å². The summed E-state index contributed by atoms with van der Waals surface area (Å²) in [5.41, 5.74) is 24.3. The first-order valence-electron chi connectivity index (χ1n) is 39.6. The minimum atomic E-state index is -1.99. The van der Waals surface area contributed by atoms with Gasteiger partial charge in [0.05, 0.1) is 24.9 Å². The zero-order chi connectivity index (χ0) is 89.0. The fourth-order valence-electron chi connectivity index (χ4n) is 14.4. The van der Waals surface area contributed by atoms with Crippen LogP contribution in [0.4, 0.5) is 5.69 Å². The van der Waals surface area contributed by atoms with Gasteiger partial charge in [-0.25, -0.2) is 4.79 Å². The number of nitrogens with one attached hydrogen (secondary N) is 12. The Morgan fingerprint density at radius 2 is 1.16 bits per heavy atom. The van der Waals surface area contributed by atoms with E-state index in [0.29, 0.717) is 52.7 Å². The van der Waals surface area contributed by atoms with Crippen molar-refractivity contribution in [1.29, 1.82) is 5.41 Å². The van der Waals surface area contributed by atoms with E-state index in [2.05, 4.69) is 58.5 Å². The highest BCUT2D eigenvalue weighted by Crippen LogP contribution is 2.43. The number of primary amides is 2. The number of carbonyl (C=O) groups is 14. The monoisotopic (exact) mass is 1720 g/mol. The Bertz CT molecular complexity index is 4860. The molecule has 1 aliphatic carbocycles. The fourth-order valence-corrected chi connectivity index (χ4v) is 15.1. The lowest BCUT2D eigenvalue weighted by Gasteiger charge is -2.32. The fraction of sp³-hybridized carbons (Fsp3) is 0.427. The summed E-state index contributed by atoms with van der Waals surface area (Å²) < 4.78 is 5.96. The van der Waals surface area contributed by atoms with Crippen molar-refractivity contribution in [3.63, 3.8) is 0 Å². The molecule has 0 saturated carbocycles. The molecule has 2 saturated heterocycles. The van der Waals surface area contributed by atoms with E-state index in [4.69, 9.17) is 45.0 Å². The van der Waals surface area contributed by atoms with E-state index in [0.717, 1.165) is 4.90 Å². The van der Waals surface area contributed by atoms with Crippen LogP contribution in [0.25, 0.3) is 33.4 Å². The molecule has 0 bridgehead atoms. The van der Waals surface area contributed by atoms with Gasteiger partial charge in [0.2, 0.25) is 70.9 Å². The predicted molar refractivity (Wildman–Crippen MR) is 454 cm³/mol. The maximum Gasteiger partial charge on any atom is 0.336 e. The molecule has 0 radical (unpaired) electrons. The van der Waals surface area contributed by atoms with E-state index in [1.807, 2.05) is 6.26 Å². The highest BCUT2D eigenvalue weighted by atomic mass is 32.2. The van der Waals surface area contributed by atoms with Gasteiger partial charge < -0.3 is 116 Å². The van der Waals surface area contributed by atoms with E-state index >= 15 is 0 Å². The number of carboxylic acids is 2. The standard InChI is InChI=1S/C82H104N18O20S2/c1-43(2)34-57(73(111)92-54(70(85)108)28-33-122-3)91-67(105)42-89-71(109)58(36-45-18-21-47(101)22-19-45)94-74(112)59(35-44-12-5-4-6-13-44)95-72(110)55(15-9-30-88-81(86)87)93-75(113)60(41-68(106)107)96-76(114)62-16-11-32-100(62)79(117)61(40-66(84)104)97-77(115)63-17-10-31-99(63)78(116)56(14-7-8-29-83)98-82(121)90-46-20-25-50(53(37-46)80(118)119)69-51-26-23-48(102)38-64(51)120-65-39-49(103)24-27-52(65)69/h4-6,12-13,18-27,37-39,43,54-63,101-102H,7-11,14-17,28-36,40-42,83H2,1-3H3,(H2,84,104)(H2,85,108)(H,89,109)(H,91,105)(H,92,111)(H,93,113)(H,94,112)(H,95,110)(H,96,114)(H,97,115)(H,106,107)(H,118,119)(H4,86,87,88)(H2,90,98,121)/t54-,55-,56-,57-,58-,59-,60-,61-,62-,63-/m0/s1. The second-order valence-corrected chi connectivity index (χ2v) is 31.4. The van der Waals surface area contributed by atoms with Crippen LogP contribution in [-0.2, 0) is 75.2 Å². The Morgan fingerprint density at radius 3 is 1.76 bits per heavy atom. The molecule has 0 unspecified atom stereocenters. The number of nitrogens with two attached hydrogens (primary N) is 4. The minimum absolute atomic E-state index is 0.0253.